The summed E-state index contributed by atoms with van der Waals surface area (Å²) >= 11 is 1.53. The molecule has 106 valence electrons. The average molecular weight is 291 g/mol. The van der Waals surface area contributed by atoms with Crippen molar-refractivity contribution < 1.29 is 4.39 Å². The number of nitrogens with one attached hydrogen (secondary N) is 1. The Balaban J connectivity index is 1.87. The highest BCUT2D eigenvalue weighted by molar-refractivity contribution is 7.98. The van der Waals surface area contributed by atoms with Gasteiger partial charge in [0.25, 0.3) is 0 Å². The van der Waals surface area contributed by atoms with E-state index in [1.54, 1.807) is 6.07 Å². The van der Waals surface area contributed by atoms with Crippen molar-refractivity contribution in [3.63, 3.8) is 0 Å². The van der Waals surface area contributed by atoms with Crippen LogP contribution in [0.5, 0.6) is 0 Å². The highest BCUT2D eigenvalue weighted by Crippen LogP contribution is 2.21. The van der Waals surface area contributed by atoms with Gasteiger partial charge in [-0.3, -0.25) is 0 Å². The lowest BCUT2D eigenvalue weighted by atomic mass is 10.3. The molecule has 0 saturated heterocycles. The number of hydrogen-bond acceptors (Lipinski definition) is 4. The molecule has 2 aromatic rings. The summed E-state index contributed by atoms with van der Waals surface area (Å²) in [5.74, 6) is 1.18. The Morgan fingerprint density at radius 1 is 1.25 bits per heavy atom. The number of benzene rings is 1. The average Bonchev–Trinajstić information content (AvgIpc) is 2.44. The van der Waals surface area contributed by atoms with Gasteiger partial charge in [-0.15, -0.1) is 11.8 Å². The normalized spacial score (nSPS) is 11.0. The van der Waals surface area contributed by atoms with E-state index < -0.39 is 0 Å². The van der Waals surface area contributed by atoms with E-state index in [0.717, 1.165) is 22.8 Å². The molecule has 0 aliphatic heterocycles. The van der Waals surface area contributed by atoms with Crippen LogP contribution in [0.4, 0.5) is 4.39 Å². The minimum absolute atomic E-state index is 0.217. The molecule has 5 heteroatoms. The van der Waals surface area contributed by atoms with Crippen molar-refractivity contribution in [2.75, 3.05) is 0 Å². The fourth-order valence-corrected chi connectivity index (χ4v) is 2.39. The Labute approximate surface area is 123 Å². The van der Waals surface area contributed by atoms with Crippen molar-refractivity contribution in [2.24, 2.45) is 0 Å². The third kappa shape index (κ3) is 4.90. The van der Waals surface area contributed by atoms with Crippen LogP contribution >= 0.6 is 11.8 Å². The first kappa shape index (κ1) is 14.9. The van der Waals surface area contributed by atoms with Crippen molar-refractivity contribution in [1.82, 2.24) is 15.3 Å². The SMILES string of the molecule is CC(C)NCc1cnc(CSc2cccc(F)c2)nc1. The minimum atomic E-state index is -0.217. The van der Waals surface area contributed by atoms with Gasteiger partial charge in [0, 0.05) is 35.4 Å². The smallest absolute Gasteiger partial charge is 0.138 e. The van der Waals surface area contributed by atoms with Gasteiger partial charge in [0.05, 0.1) is 5.75 Å². The summed E-state index contributed by atoms with van der Waals surface area (Å²) in [4.78, 5) is 9.54. The third-order valence-corrected chi connectivity index (χ3v) is 3.63. The molecule has 0 aliphatic carbocycles. The van der Waals surface area contributed by atoms with Gasteiger partial charge in [0.2, 0.25) is 0 Å². The monoisotopic (exact) mass is 291 g/mol. The van der Waals surface area contributed by atoms with Crippen LogP contribution in [-0.4, -0.2) is 16.0 Å². The van der Waals surface area contributed by atoms with Crippen LogP contribution < -0.4 is 5.32 Å². The Hall–Kier alpha value is -1.46. The summed E-state index contributed by atoms with van der Waals surface area (Å²) in [5, 5.41) is 3.32. The second kappa shape index (κ2) is 7.36. The number of aromatic nitrogens is 2. The highest BCUT2D eigenvalue weighted by atomic mass is 32.2. The first-order chi connectivity index (χ1) is 9.63. The zero-order valence-electron chi connectivity index (χ0n) is 11.6. The molecular weight excluding hydrogens is 273 g/mol. The molecule has 2 rings (SSSR count). The predicted octanol–water partition coefficient (Wildman–Crippen LogP) is 3.41. The number of thioether (sulfide) groups is 1. The molecular formula is C15H18FN3S. The number of halogens is 1. The maximum Gasteiger partial charge on any atom is 0.138 e. The van der Waals surface area contributed by atoms with Gasteiger partial charge in [0.1, 0.15) is 11.6 Å². The van der Waals surface area contributed by atoms with Crippen LogP contribution in [0.1, 0.15) is 25.2 Å². The fraction of sp³-hybridized carbons (Fsp3) is 0.333. The summed E-state index contributed by atoms with van der Waals surface area (Å²) in [6.45, 7) is 4.98. The van der Waals surface area contributed by atoms with Crippen LogP contribution in [0.2, 0.25) is 0 Å². The van der Waals surface area contributed by atoms with Crippen LogP contribution in [0.3, 0.4) is 0 Å². The first-order valence-electron chi connectivity index (χ1n) is 6.55. The van der Waals surface area contributed by atoms with Gasteiger partial charge in [-0.1, -0.05) is 19.9 Å². The lowest BCUT2D eigenvalue weighted by molar-refractivity contribution is 0.586. The molecule has 20 heavy (non-hydrogen) atoms. The summed E-state index contributed by atoms with van der Waals surface area (Å²) < 4.78 is 13.0. The van der Waals surface area contributed by atoms with Gasteiger partial charge in [-0.25, -0.2) is 14.4 Å². The number of hydrogen-bond donors (Lipinski definition) is 1. The molecule has 0 fully saturated rings. The number of nitrogens with zero attached hydrogens (tertiary/aromatic N) is 2. The topological polar surface area (TPSA) is 37.8 Å². The molecule has 1 aromatic carbocycles. The van der Waals surface area contributed by atoms with E-state index in [1.807, 2.05) is 18.5 Å². The van der Waals surface area contributed by atoms with Crippen molar-refractivity contribution in [1.29, 1.82) is 0 Å². The minimum Gasteiger partial charge on any atom is -0.310 e. The molecule has 1 N–H and O–H groups in total. The van der Waals surface area contributed by atoms with Crippen LogP contribution in [-0.2, 0) is 12.3 Å². The van der Waals surface area contributed by atoms with E-state index >= 15 is 0 Å². The third-order valence-electron chi connectivity index (χ3n) is 2.64. The van der Waals surface area contributed by atoms with Crippen LogP contribution in [0.15, 0.2) is 41.6 Å². The Morgan fingerprint density at radius 2 is 2.00 bits per heavy atom. The standard InChI is InChI=1S/C15H18FN3S/c1-11(2)17-7-12-8-18-15(19-9-12)10-20-14-5-3-4-13(16)6-14/h3-6,8-9,11,17H,7,10H2,1-2H3. The lowest BCUT2D eigenvalue weighted by Crippen LogP contribution is -2.22. The molecule has 1 aromatic heterocycles. The molecule has 0 atom stereocenters. The Kier molecular flexibility index (Phi) is 5.49. The van der Waals surface area contributed by atoms with E-state index in [2.05, 4.69) is 29.1 Å². The Morgan fingerprint density at radius 3 is 2.65 bits per heavy atom. The number of rotatable bonds is 6. The van der Waals surface area contributed by atoms with Crippen LogP contribution in [0, 0.1) is 5.82 Å². The van der Waals surface area contributed by atoms with Crippen molar-refractivity contribution in [3.8, 4) is 0 Å². The molecule has 0 aliphatic rings. The van der Waals surface area contributed by atoms with E-state index in [9.17, 15) is 4.39 Å². The predicted molar refractivity (Wildman–Crippen MR) is 80.0 cm³/mol. The Bertz CT molecular complexity index is 543. The van der Waals surface area contributed by atoms with Gasteiger partial charge < -0.3 is 5.32 Å². The molecule has 0 spiro atoms. The summed E-state index contributed by atoms with van der Waals surface area (Å²) in [6.07, 6.45) is 3.67. The zero-order valence-corrected chi connectivity index (χ0v) is 12.5. The van der Waals surface area contributed by atoms with E-state index in [4.69, 9.17) is 0 Å². The van der Waals surface area contributed by atoms with Gasteiger partial charge in [0.15, 0.2) is 0 Å². The lowest BCUT2D eigenvalue weighted by Gasteiger charge is -2.07. The molecule has 0 bridgehead atoms. The molecule has 0 radical (unpaired) electrons. The van der Waals surface area contributed by atoms with E-state index in [-0.39, 0.29) is 5.82 Å². The van der Waals surface area contributed by atoms with E-state index in [0.29, 0.717) is 11.8 Å². The largest absolute Gasteiger partial charge is 0.310 e. The molecule has 0 amide bonds. The van der Waals surface area contributed by atoms with Crippen molar-refractivity contribution >= 4 is 11.8 Å². The summed E-state index contributed by atoms with van der Waals surface area (Å²) in [6, 6.07) is 6.99. The molecule has 3 nitrogen and oxygen atoms in total. The van der Waals surface area contributed by atoms with Gasteiger partial charge in [-0.2, -0.15) is 0 Å². The molecule has 0 saturated carbocycles. The van der Waals surface area contributed by atoms with Crippen LogP contribution in [0.25, 0.3) is 0 Å². The van der Waals surface area contributed by atoms with E-state index in [1.165, 1.54) is 23.9 Å². The van der Waals surface area contributed by atoms with Gasteiger partial charge in [-0.05, 0) is 18.2 Å². The zero-order chi connectivity index (χ0) is 14.4. The highest BCUT2D eigenvalue weighted by Gasteiger charge is 2.01. The molecule has 0 unspecified atom stereocenters. The summed E-state index contributed by atoms with van der Waals surface area (Å²) in [7, 11) is 0. The second-order valence-electron chi connectivity index (χ2n) is 4.79. The van der Waals surface area contributed by atoms with Gasteiger partial charge >= 0.3 is 0 Å². The van der Waals surface area contributed by atoms with Crippen molar-refractivity contribution in [3.05, 3.63) is 53.9 Å². The summed E-state index contributed by atoms with van der Waals surface area (Å²) in [5.41, 5.74) is 1.07. The molecule has 1 heterocycles. The second-order valence-corrected chi connectivity index (χ2v) is 5.84. The quantitative estimate of drug-likeness (QED) is 0.828. The first-order valence-corrected chi connectivity index (χ1v) is 7.53. The maximum atomic E-state index is 13.0. The maximum absolute atomic E-state index is 13.0. The fourth-order valence-electron chi connectivity index (χ4n) is 1.57. The van der Waals surface area contributed by atoms with Crippen molar-refractivity contribution in [2.45, 2.75) is 37.1 Å².